The number of hydrogen-bond donors (Lipinski definition) is 0. The highest BCUT2D eigenvalue weighted by molar-refractivity contribution is 6.09. The van der Waals surface area contributed by atoms with E-state index in [-0.39, 0.29) is 5.41 Å². The van der Waals surface area contributed by atoms with Crippen molar-refractivity contribution in [1.29, 1.82) is 0 Å². The van der Waals surface area contributed by atoms with Crippen molar-refractivity contribution in [3.63, 3.8) is 0 Å². The highest BCUT2D eigenvalue weighted by Crippen LogP contribution is 2.55. The predicted octanol–water partition coefficient (Wildman–Crippen LogP) is 14.7. The molecule has 0 saturated carbocycles. The first kappa shape index (κ1) is 33.0. The largest absolute Gasteiger partial charge is 0.310 e. The minimum Gasteiger partial charge on any atom is -0.310 e. The number of fused-ring (bicyclic) bond motifs is 6. The normalized spacial score (nSPS) is 12.8. The Morgan fingerprint density at radius 1 is 0.400 bits per heavy atom. The fraction of sp³-hybridized carbons (Fsp3) is 0.0943. The summed E-state index contributed by atoms with van der Waals surface area (Å²) in [5.41, 5.74) is 17.5. The molecule has 1 aromatic heterocycles. The van der Waals surface area contributed by atoms with Gasteiger partial charge in [0.2, 0.25) is 0 Å². The van der Waals surface area contributed by atoms with Crippen molar-refractivity contribution in [2.75, 3.05) is 4.90 Å². The third-order valence-corrected chi connectivity index (χ3v) is 12.1. The van der Waals surface area contributed by atoms with Gasteiger partial charge in [0.05, 0.1) is 11.0 Å². The van der Waals surface area contributed by atoms with E-state index < -0.39 is 0 Å². The number of aromatic nitrogens is 1. The second-order valence-corrected chi connectivity index (χ2v) is 14.7. The number of nitrogens with zero attached hydrogens (tertiary/aromatic N) is 2. The van der Waals surface area contributed by atoms with E-state index in [1.165, 1.54) is 77.7 Å². The molecule has 8 aromatic carbocycles. The molecule has 2 heteroatoms. The number of hydrogen-bond acceptors (Lipinski definition) is 1. The standard InChI is InChI=1S/C53H42N2/c1-3-53(4-2)49-35-41(31-33-45(49)46-34-32-42(36-50(46)53)55-51-25-15-13-23-47(51)48-24-14-16-26-52(48)55)54(39-19-9-6-10-20-39)40-29-27-38(28-30-40)44-22-12-11-21-43(44)37-17-7-5-8-18-37/h5-36H,3-4H2,1-2H3. The number of rotatable bonds is 8. The minimum absolute atomic E-state index is 0.108. The van der Waals surface area contributed by atoms with Crippen LogP contribution in [0.1, 0.15) is 37.8 Å². The summed E-state index contributed by atoms with van der Waals surface area (Å²) in [5.74, 6) is 0. The Kier molecular flexibility index (Phi) is 7.99. The van der Waals surface area contributed by atoms with Crippen LogP contribution in [0.4, 0.5) is 17.1 Å². The second-order valence-electron chi connectivity index (χ2n) is 14.7. The van der Waals surface area contributed by atoms with Gasteiger partial charge in [0.1, 0.15) is 0 Å². The Labute approximate surface area is 323 Å². The van der Waals surface area contributed by atoms with E-state index in [0.717, 1.165) is 24.2 Å². The fourth-order valence-corrected chi connectivity index (χ4v) is 9.38. The SMILES string of the molecule is CCC1(CC)c2cc(N(c3ccccc3)c3ccc(-c4ccccc4-c4ccccc4)cc3)ccc2-c2ccc(-n3c4ccccc4c4ccccc43)cc21. The molecule has 0 unspecified atom stereocenters. The third-order valence-electron chi connectivity index (χ3n) is 12.1. The lowest BCUT2D eigenvalue weighted by atomic mass is 9.73. The van der Waals surface area contributed by atoms with Gasteiger partial charge < -0.3 is 9.47 Å². The van der Waals surface area contributed by atoms with Gasteiger partial charge in [-0.25, -0.2) is 0 Å². The molecule has 55 heavy (non-hydrogen) atoms. The molecule has 0 fully saturated rings. The summed E-state index contributed by atoms with van der Waals surface area (Å²) in [6, 6.07) is 71.2. The molecular formula is C53H42N2. The third kappa shape index (κ3) is 5.24. The summed E-state index contributed by atoms with van der Waals surface area (Å²) in [4.78, 5) is 2.41. The van der Waals surface area contributed by atoms with Crippen LogP contribution in [0.5, 0.6) is 0 Å². The van der Waals surface area contributed by atoms with Gasteiger partial charge in [0.25, 0.3) is 0 Å². The van der Waals surface area contributed by atoms with Crippen LogP contribution in [-0.2, 0) is 5.41 Å². The van der Waals surface area contributed by atoms with Crippen LogP contribution >= 0.6 is 0 Å². The Morgan fingerprint density at radius 3 is 1.49 bits per heavy atom. The Hall–Kier alpha value is -6.64. The molecule has 0 bridgehead atoms. The lowest BCUT2D eigenvalue weighted by Gasteiger charge is -2.32. The number of para-hydroxylation sites is 3. The molecule has 0 atom stereocenters. The van der Waals surface area contributed by atoms with Gasteiger partial charge in [-0.05, 0) is 118 Å². The van der Waals surface area contributed by atoms with Crippen molar-refractivity contribution in [2.24, 2.45) is 0 Å². The zero-order valence-corrected chi connectivity index (χ0v) is 31.3. The average molecular weight is 707 g/mol. The topological polar surface area (TPSA) is 8.17 Å². The molecule has 9 aromatic rings. The van der Waals surface area contributed by atoms with E-state index in [9.17, 15) is 0 Å². The van der Waals surface area contributed by atoms with E-state index in [2.05, 4.69) is 217 Å². The summed E-state index contributed by atoms with van der Waals surface area (Å²) in [6.45, 7) is 4.73. The first-order valence-corrected chi connectivity index (χ1v) is 19.6. The molecule has 10 rings (SSSR count). The fourth-order valence-electron chi connectivity index (χ4n) is 9.38. The maximum absolute atomic E-state index is 2.49. The van der Waals surface area contributed by atoms with Crippen LogP contribution in [0.25, 0.3) is 60.9 Å². The van der Waals surface area contributed by atoms with Gasteiger partial charge in [-0.3, -0.25) is 0 Å². The number of anilines is 3. The summed E-state index contributed by atoms with van der Waals surface area (Å²) >= 11 is 0. The van der Waals surface area contributed by atoms with E-state index in [4.69, 9.17) is 0 Å². The van der Waals surface area contributed by atoms with Crippen LogP contribution in [-0.4, -0.2) is 4.57 Å². The second kappa shape index (κ2) is 13.3. The van der Waals surface area contributed by atoms with Crippen molar-refractivity contribution < 1.29 is 0 Å². The van der Waals surface area contributed by atoms with Gasteiger partial charge in [0, 0.05) is 38.9 Å². The summed E-state index contributed by atoms with van der Waals surface area (Å²) in [5, 5.41) is 2.58. The summed E-state index contributed by atoms with van der Waals surface area (Å²) in [7, 11) is 0. The van der Waals surface area contributed by atoms with Crippen molar-refractivity contribution in [1.82, 2.24) is 4.57 Å². The lowest BCUT2D eigenvalue weighted by molar-refractivity contribution is 0.490. The molecule has 0 N–H and O–H groups in total. The highest BCUT2D eigenvalue weighted by Gasteiger charge is 2.41. The van der Waals surface area contributed by atoms with E-state index in [1.807, 2.05) is 0 Å². The van der Waals surface area contributed by atoms with Crippen molar-refractivity contribution in [3.8, 4) is 39.1 Å². The van der Waals surface area contributed by atoms with Gasteiger partial charge in [0.15, 0.2) is 0 Å². The van der Waals surface area contributed by atoms with Crippen molar-refractivity contribution in [3.05, 3.63) is 205 Å². The molecule has 0 aliphatic heterocycles. The Balaban J connectivity index is 1.08. The quantitative estimate of drug-likeness (QED) is 0.153. The lowest BCUT2D eigenvalue weighted by Crippen LogP contribution is -2.23. The summed E-state index contributed by atoms with van der Waals surface area (Å²) in [6.07, 6.45) is 2.04. The molecule has 0 saturated heterocycles. The van der Waals surface area contributed by atoms with Crippen LogP contribution < -0.4 is 4.90 Å². The minimum atomic E-state index is -0.108. The highest BCUT2D eigenvalue weighted by atomic mass is 15.1. The van der Waals surface area contributed by atoms with Crippen LogP contribution in [0, 0.1) is 0 Å². The molecule has 2 nitrogen and oxygen atoms in total. The maximum Gasteiger partial charge on any atom is 0.0541 e. The zero-order chi connectivity index (χ0) is 36.9. The smallest absolute Gasteiger partial charge is 0.0541 e. The van der Waals surface area contributed by atoms with Gasteiger partial charge in [-0.1, -0.05) is 147 Å². The van der Waals surface area contributed by atoms with Crippen LogP contribution in [0.3, 0.4) is 0 Å². The molecule has 0 spiro atoms. The van der Waals surface area contributed by atoms with Crippen LogP contribution in [0.2, 0.25) is 0 Å². The van der Waals surface area contributed by atoms with Crippen molar-refractivity contribution in [2.45, 2.75) is 32.1 Å². The monoisotopic (exact) mass is 706 g/mol. The Morgan fingerprint density at radius 2 is 0.873 bits per heavy atom. The first-order valence-electron chi connectivity index (χ1n) is 19.6. The first-order chi connectivity index (χ1) is 27.2. The van der Waals surface area contributed by atoms with E-state index in [0.29, 0.717) is 0 Å². The van der Waals surface area contributed by atoms with E-state index in [1.54, 1.807) is 0 Å². The van der Waals surface area contributed by atoms with E-state index >= 15 is 0 Å². The van der Waals surface area contributed by atoms with Gasteiger partial charge >= 0.3 is 0 Å². The molecule has 0 radical (unpaired) electrons. The summed E-state index contributed by atoms with van der Waals surface area (Å²) < 4.78 is 2.45. The van der Waals surface area contributed by atoms with Crippen molar-refractivity contribution >= 4 is 38.9 Å². The zero-order valence-electron chi connectivity index (χ0n) is 31.3. The van der Waals surface area contributed by atoms with Gasteiger partial charge in [-0.15, -0.1) is 0 Å². The molecule has 264 valence electrons. The van der Waals surface area contributed by atoms with Gasteiger partial charge in [-0.2, -0.15) is 0 Å². The average Bonchev–Trinajstić information content (AvgIpc) is 3.74. The molecule has 1 aliphatic rings. The maximum atomic E-state index is 2.49. The molecule has 0 amide bonds. The van der Waals surface area contributed by atoms with Crippen LogP contribution in [0.15, 0.2) is 194 Å². The molecule has 1 aliphatic carbocycles. The Bertz CT molecular complexity index is 2770. The molecule has 1 heterocycles. The predicted molar refractivity (Wildman–Crippen MR) is 233 cm³/mol. The number of benzene rings is 8. The molecular weight excluding hydrogens is 665 g/mol.